The van der Waals surface area contributed by atoms with Crippen LogP contribution < -0.4 is 9.47 Å². The van der Waals surface area contributed by atoms with E-state index in [1.54, 1.807) is 12.1 Å². The Morgan fingerprint density at radius 3 is 2.52 bits per heavy atom. The molecule has 0 aliphatic heterocycles. The second kappa shape index (κ2) is 10.0. The van der Waals surface area contributed by atoms with Crippen molar-refractivity contribution < 1.29 is 28.3 Å². The van der Waals surface area contributed by atoms with E-state index in [0.29, 0.717) is 11.3 Å². The van der Waals surface area contributed by atoms with Crippen LogP contribution in [-0.4, -0.2) is 28.6 Å². The van der Waals surface area contributed by atoms with E-state index in [4.69, 9.17) is 41.9 Å². The van der Waals surface area contributed by atoms with Crippen LogP contribution in [0.15, 0.2) is 59.1 Å². The summed E-state index contributed by atoms with van der Waals surface area (Å²) in [4.78, 5) is 24.7. The van der Waals surface area contributed by atoms with Gasteiger partial charge in [-0.2, -0.15) is 4.37 Å². The van der Waals surface area contributed by atoms with Gasteiger partial charge in [-0.25, -0.2) is 9.59 Å². The molecule has 4 aromatic rings. The first-order valence-corrected chi connectivity index (χ1v) is 10.9. The van der Waals surface area contributed by atoms with E-state index in [0.717, 1.165) is 17.1 Å². The van der Waals surface area contributed by atoms with Crippen LogP contribution in [-0.2, 0) is 11.3 Å². The summed E-state index contributed by atoms with van der Waals surface area (Å²) in [5.41, 5.74) is 1.33. The predicted octanol–water partition coefficient (Wildman–Crippen LogP) is 5.69. The highest BCUT2D eigenvalue weighted by molar-refractivity contribution is 7.11. The molecule has 2 aromatic carbocycles. The zero-order chi connectivity index (χ0) is 23.4. The fourth-order valence-electron chi connectivity index (χ4n) is 2.75. The first kappa shape index (κ1) is 22.8. The fraction of sp³-hybridized carbons (Fsp3) is 0.0909. The summed E-state index contributed by atoms with van der Waals surface area (Å²) in [7, 11) is 1.42. The Hall–Kier alpha value is -3.40. The minimum Gasteiger partial charge on any atom is -0.493 e. The van der Waals surface area contributed by atoms with Crippen LogP contribution in [0.2, 0.25) is 9.36 Å². The number of carbonyl (C=O) groups is 2. The van der Waals surface area contributed by atoms with Crippen molar-refractivity contribution in [3.63, 3.8) is 0 Å². The van der Waals surface area contributed by atoms with Gasteiger partial charge < -0.3 is 18.7 Å². The van der Waals surface area contributed by atoms with Gasteiger partial charge in [-0.15, -0.1) is 0 Å². The maximum Gasteiger partial charge on any atom is 0.366 e. The molecule has 2 heterocycles. The minimum atomic E-state index is -0.714. The van der Waals surface area contributed by atoms with Gasteiger partial charge in [0.25, 0.3) is 0 Å². The summed E-state index contributed by atoms with van der Waals surface area (Å²) >= 11 is 12.6. The van der Waals surface area contributed by atoms with Gasteiger partial charge in [-0.3, -0.25) is 0 Å². The van der Waals surface area contributed by atoms with Crippen molar-refractivity contribution >= 4 is 46.7 Å². The first-order chi connectivity index (χ1) is 16.0. The molecule has 2 aromatic heterocycles. The second-order valence-electron chi connectivity index (χ2n) is 6.51. The molecule has 0 saturated heterocycles. The summed E-state index contributed by atoms with van der Waals surface area (Å²) in [5.74, 6) is -0.561. The average Bonchev–Trinajstić information content (AvgIpc) is 3.46. The molecule has 4 rings (SSSR count). The van der Waals surface area contributed by atoms with Crippen LogP contribution in [0, 0.1) is 0 Å². The summed E-state index contributed by atoms with van der Waals surface area (Å²) < 4.78 is 25.2. The van der Waals surface area contributed by atoms with Crippen LogP contribution in [0.4, 0.5) is 0 Å². The Balaban J connectivity index is 1.42. The Morgan fingerprint density at radius 1 is 1.03 bits per heavy atom. The van der Waals surface area contributed by atoms with E-state index >= 15 is 0 Å². The SMILES string of the molecule is COc1cc(COC(=O)c2nsc(Cl)c2Cl)ccc1OC(=O)c1cc(-c2ccccc2)on1. The molecular formula is C22H14Cl2N2O6S. The van der Waals surface area contributed by atoms with Crippen LogP contribution in [0.5, 0.6) is 11.5 Å². The summed E-state index contributed by atoms with van der Waals surface area (Å²) in [6, 6.07) is 15.4. The summed E-state index contributed by atoms with van der Waals surface area (Å²) in [6.45, 7) is -0.0847. The predicted molar refractivity (Wildman–Crippen MR) is 121 cm³/mol. The number of benzene rings is 2. The molecule has 0 N–H and O–H groups in total. The largest absolute Gasteiger partial charge is 0.493 e. The number of carbonyl (C=O) groups excluding carboxylic acids is 2. The minimum absolute atomic E-state index is 0.00714. The third-order valence-electron chi connectivity index (χ3n) is 4.37. The molecule has 0 radical (unpaired) electrons. The van der Waals surface area contributed by atoms with Crippen molar-refractivity contribution in [2.45, 2.75) is 6.61 Å². The Morgan fingerprint density at radius 2 is 1.82 bits per heavy atom. The van der Waals surface area contributed by atoms with Crippen LogP contribution >= 0.6 is 34.7 Å². The molecule has 0 amide bonds. The number of methoxy groups -OCH3 is 1. The third kappa shape index (κ3) is 5.16. The Kier molecular flexibility index (Phi) is 6.93. The van der Waals surface area contributed by atoms with E-state index in [1.807, 2.05) is 30.3 Å². The molecule has 0 fully saturated rings. The van der Waals surface area contributed by atoms with Crippen molar-refractivity contribution in [3.05, 3.63) is 80.9 Å². The van der Waals surface area contributed by atoms with Gasteiger partial charge in [0.15, 0.2) is 28.6 Å². The monoisotopic (exact) mass is 504 g/mol. The zero-order valence-electron chi connectivity index (χ0n) is 16.9. The number of hydrogen-bond acceptors (Lipinski definition) is 9. The number of halogens is 2. The molecule has 11 heteroatoms. The lowest BCUT2D eigenvalue weighted by atomic mass is 10.1. The molecule has 8 nitrogen and oxygen atoms in total. The highest BCUT2D eigenvalue weighted by atomic mass is 35.5. The fourth-order valence-corrected chi connectivity index (χ4v) is 3.73. The highest BCUT2D eigenvalue weighted by Crippen LogP contribution is 2.31. The summed E-state index contributed by atoms with van der Waals surface area (Å²) in [5, 5.41) is 3.83. The molecule has 0 atom stereocenters. The van der Waals surface area contributed by atoms with E-state index in [2.05, 4.69) is 9.53 Å². The number of hydrogen-bond donors (Lipinski definition) is 0. The van der Waals surface area contributed by atoms with E-state index in [-0.39, 0.29) is 38.9 Å². The van der Waals surface area contributed by atoms with Crippen molar-refractivity contribution in [2.75, 3.05) is 7.11 Å². The molecule has 168 valence electrons. The number of ether oxygens (including phenoxy) is 3. The normalized spacial score (nSPS) is 10.6. The molecule has 0 spiro atoms. The Labute approximate surface area is 201 Å². The first-order valence-electron chi connectivity index (χ1n) is 9.35. The lowest BCUT2D eigenvalue weighted by molar-refractivity contribution is 0.0467. The zero-order valence-corrected chi connectivity index (χ0v) is 19.2. The molecule has 0 saturated carbocycles. The molecule has 0 aliphatic rings. The maximum absolute atomic E-state index is 12.5. The van der Waals surface area contributed by atoms with E-state index < -0.39 is 11.9 Å². The van der Waals surface area contributed by atoms with Gasteiger partial charge in [0, 0.05) is 11.6 Å². The molecular weight excluding hydrogens is 491 g/mol. The molecule has 0 bridgehead atoms. The number of esters is 2. The number of aromatic nitrogens is 2. The molecule has 0 aliphatic carbocycles. The van der Waals surface area contributed by atoms with Crippen molar-refractivity contribution in [2.24, 2.45) is 0 Å². The summed E-state index contributed by atoms with van der Waals surface area (Å²) in [6.07, 6.45) is 0. The van der Waals surface area contributed by atoms with Gasteiger partial charge in [0.05, 0.1) is 7.11 Å². The molecule has 33 heavy (non-hydrogen) atoms. The molecule has 0 unspecified atom stereocenters. The topological polar surface area (TPSA) is 101 Å². The lowest BCUT2D eigenvalue weighted by Gasteiger charge is -2.10. The van der Waals surface area contributed by atoms with Crippen molar-refractivity contribution in [3.8, 4) is 22.8 Å². The average molecular weight is 505 g/mol. The number of rotatable bonds is 7. The van der Waals surface area contributed by atoms with E-state index in [1.165, 1.54) is 19.2 Å². The van der Waals surface area contributed by atoms with E-state index in [9.17, 15) is 9.59 Å². The Bertz CT molecular complexity index is 1310. The van der Waals surface area contributed by atoms with Crippen molar-refractivity contribution in [1.29, 1.82) is 0 Å². The van der Waals surface area contributed by atoms with Gasteiger partial charge in [0.1, 0.15) is 16.0 Å². The standard InChI is InChI=1S/C22H14Cl2N2O6S/c1-29-17-9-12(11-30-22(28)19-18(23)20(24)33-26-19)7-8-15(17)31-21(27)14-10-16(32-25-14)13-5-3-2-4-6-13/h2-10H,11H2,1H3. The lowest BCUT2D eigenvalue weighted by Crippen LogP contribution is -2.10. The van der Waals surface area contributed by atoms with Gasteiger partial charge >= 0.3 is 11.9 Å². The quantitative estimate of drug-likeness (QED) is 0.233. The third-order valence-corrected chi connectivity index (χ3v) is 5.98. The van der Waals surface area contributed by atoms with Crippen LogP contribution in [0.1, 0.15) is 26.5 Å². The van der Waals surface area contributed by atoms with Crippen LogP contribution in [0.25, 0.3) is 11.3 Å². The number of nitrogens with zero attached hydrogens (tertiary/aromatic N) is 2. The smallest absolute Gasteiger partial charge is 0.366 e. The highest BCUT2D eigenvalue weighted by Gasteiger charge is 2.20. The van der Waals surface area contributed by atoms with Gasteiger partial charge in [-0.1, -0.05) is 64.8 Å². The second-order valence-corrected chi connectivity index (χ2v) is 8.27. The van der Waals surface area contributed by atoms with Crippen molar-refractivity contribution in [1.82, 2.24) is 9.53 Å². The van der Waals surface area contributed by atoms with Crippen LogP contribution in [0.3, 0.4) is 0 Å². The maximum atomic E-state index is 12.5. The van der Waals surface area contributed by atoms with Gasteiger partial charge in [0.2, 0.25) is 0 Å². The van der Waals surface area contributed by atoms with Gasteiger partial charge in [-0.05, 0) is 29.2 Å².